The second kappa shape index (κ2) is 9.05. The SMILES string of the molecule is C#C[C@]1(O)[C@H](n2cnc3c(N)ncnc32)O[C@](F)(COC(=O)CCC)[C@H]1OC(=O)CCC. The first-order valence-corrected chi connectivity index (χ1v) is 10.0. The number of halogens is 1. The number of terminal acetylenes is 1. The molecule has 0 spiro atoms. The lowest BCUT2D eigenvalue weighted by Crippen LogP contribution is -2.53. The summed E-state index contributed by atoms with van der Waals surface area (Å²) >= 11 is 0. The van der Waals surface area contributed by atoms with Crippen molar-refractivity contribution in [2.75, 3.05) is 12.3 Å². The third-order valence-electron chi connectivity index (χ3n) is 4.93. The van der Waals surface area contributed by atoms with E-state index in [2.05, 4.69) is 20.9 Å². The zero-order valence-corrected chi connectivity index (χ0v) is 17.7. The van der Waals surface area contributed by atoms with Gasteiger partial charge >= 0.3 is 11.9 Å². The van der Waals surface area contributed by atoms with Crippen molar-refractivity contribution >= 4 is 28.9 Å². The molecule has 3 N–H and O–H groups in total. The summed E-state index contributed by atoms with van der Waals surface area (Å²) in [5.41, 5.74) is 3.56. The van der Waals surface area contributed by atoms with E-state index < -0.39 is 42.3 Å². The van der Waals surface area contributed by atoms with Gasteiger partial charge in [-0.15, -0.1) is 6.42 Å². The molecule has 2 aromatic rings. The summed E-state index contributed by atoms with van der Waals surface area (Å²) in [7, 11) is 0. The number of rotatable bonds is 8. The predicted octanol–water partition coefficient (Wildman–Crippen LogP) is 1.02. The summed E-state index contributed by atoms with van der Waals surface area (Å²) in [4.78, 5) is 35.9. The number of imidazole rings is 1. The van der Waals surface area contributed by atoms with Crippen LogP contribution in [0.1, 0.15) is 45.8 Å². The van der Waals surface area contributed by atoms with Crippen LogP contribution in [0.25, 0.3) is 11.2 Å². The molecule has 1 saturated heterocycles. The van der Waals surface area contributed by atoms with E-state index in [0.717, 1.165) is 10.9 Å². The minimum absolute atomic E-state index is 0.0432. The molecule has 1 aliphatic rings. The average Bonchev–Trinajstić information content (AvgIpc) is 3.27. The molecule has 0 aromatic carbocycles. The molecule has 0 aliphatic carbocycles. The van der Waals surface area contributed by atoms with Gasteiger partial charge in [-0.25, -0.2) is 19.3 Å². The van der Waals surface area contributed by atoms with Crippen LogP contribution in [0.15, 0.2) is 12.7 Å². The highest BCUT2D eigenvalue weighted by Crippen LogP contribution is 2.48. The van der Waals surface area contributed by atoms with Gasteiger partial charge in [-0.2, -0.15) is 0 Å². The summed E-state index contributed by atoms with van der Waals surface area (Å²) in [6.07, 6.45) is 5.14. The lowest BCUT2D eigenvalue weighted by Gasteiger charge is -2.30. The number of carbonyl (C=O) groups is 2. The lowest BCUT2D eigenvalue weighted by molar-refractivity contribution is -0.224. The predicted molar refractivity (Wildman–Crippen MR) is 108 cm³/mol. The first kappa shape index (κ1) is 23.4. The van der Waals surface area contributed by atoms with Crippen LogP contribution < -0.4 is 5.73 Å². The minimum atomic E-state index is -2.95. The number of alkyl halides is 1. The second-order valence-corrected chi connectivity index (χ2v) is 7.34. The Labute approximate surface area is 183 Å². The Morgan fingerprint density at radius 1 is 1.31 bits per heavy atom. The van der Waals surface area contributed by atoms with Crippen LogP contribution in [-0.4, -0.2) is 60.7 Å². The number of aromatic nitrogens is 4. The van der Waals surface area contributed by atoms with Crippen LogP contribution in [0.5, 0.6) is 0 Å². The number of ether oxygens (including phenoxy) is 3. The molecule has 0 unspecified atom stereocenters. The number of esters is 2. The van der Waals surface area contributed by atoms with E-state index in [-0.39, 0.29) is 29.8 Å². The van der Waals surface area contributed by atoms with Gasteiger partial charge in [-0.3, -0.25) is 14.2 Å². The van der Waals surface area contributed by atoms with Crippen LogP contribution >= 0.6 is 0 Å². The maximum Gasteiger partial charge on any atom is 0.306 e. The van der Waals surface area contributed by atoms with E-state index in [0.29, 0.717) is 12.8 Å². The van der Waals surface area contributed by atoms with Gasteiger partial charge in [0.25, 0.3) is 5.85 Å². The molecule has 1 aliphatic heterocycles. The molecule has 1 fully saturated rings. The Morgan fingerprint density at radius 2 is 2.00 bits per heavy atom. The van der Waals surface area contributed by atoms with Crippen molar-refractivity contribution in [3.63, 3.8) is 0 Å². The van der Waals surface area contributed by atoms with Crippen LogP contribution in [0.4, 0.5) is 10.2 Å². The molecule has 32 heavy (non-hydrogen) atoms. The summed E-state index contributed by atoms with van der Waals surface area (Å²) < 4.78 is 32.9. The Hall–Kier alpha value is -3.30. The van der Waals surface area contributed by atoms with Gasteiger partial charge in [-0.05, 0) is 12.8 Å². The third-order valence-corrected chi connectivity index (χ3v) is 4.93. The van der Waals surface area contributed by atoms with Crippen molar-refractivity contribution in [3.05, 3.63) is 12.7 Å². The third kappa shape index (κ3) is 4.09. The molecule has 12 heteroatoms. The molecule has 3 heterocycles. The summed E-state index contributed by atoms with van der Waals surface area (Å²) in [5.74, 6) is -2.33. The monoisotopic (exact) mass is 449 g/mol. The van der Waals surface area contributed by atoms with Crippen LogP contribution in [0.3, 0.4) is 0 Å². The second-order valence-electron chi connectivity index (χ2n) is 7.34. The fraction of sp³-hybridized carbons (Fsp3) is 0.550. The number of nitrogens with zero attached hydrogens (tertiary/aromatic N) is 4. The van der Waals surface area contributed by atoms with Crippen molar-refractivity contribution in [1.29, 1.82) is 0 Å². The van der Waals surface area contributed by atoms with Gasteiger partial charge in [0.1, 0.15) is 11.8 Å². The fourth-order valence-corrected chi connectivity index (χ4v) is 3.39. The lowest BCUT2D eigenvalue weighted by atomic mass is 9.93. The molecule has 2 aromatic heterocycles. The van der Waals surface area contributed by atoms with Gasteiger partial charge in [0.2, 0.25) is 11.7 Å². The largest absolute Gasteiger partial charge is 0.459 e. The van der Waals surface area contributed by atoms with Crippen LogP contribution in [0.2, 0.25) is 0 Å². The highest BCUT2D eigenvalue weighted by Gasteiger charge is 2.68. The number of fused-ring (bicyclic) bond motifs is 1. The van der Waals surface area contributed by atoms with E-state index in [9.17, 15) is 14.7 Å². The summed E-state index contributed by atoms with van der Waals surface area (Å²) in [6, 6.07) is 0. The van der Waals surface area contributed by atoms with Crippen molar-refractivity contribution in [2.24, 2.45) is 0 Å². The normalized spacial score (nSPS) is 27.2. The van der Waals surface area contributed by atoms with Crippen LogP contribution in [-0.2, 0) is 23.8 Å². The number of carbonyl (C=O) groups excluding carboxylic acids is 2. The first-order chi connectivity index (χ1) is 15.2. The molecule has 0 saturated carbocycles. The highest BCUT2D eigenvalue weighted by molar-refractivity contribution is 5.81. The van der Waals surface area contributed by atoms with Crippen molar-refractivity contribution < 1.29 is 33.3 Å². The molecule has 3 rings (SSSR count). The first-order valence-electron chi connectivity index (χ1n) is 10.0. The molecule has 0 radical (unpaired) electrons. The average molecular weight is 449 g/mol. The topological polar surface area (TPSA) is 152 Å². The number of hydrogen-bond donors (Lipinski definition) is 2. The summed E-state index contributed by atoms with van der Waals surface area (Å²) in [6.45, 7) is 2.51. The quantitative estimate of drug-likeness (QED) is 0.441. The Bertz CT molecular complexity index is 1050. The van der Waals surface area contributed by atoms with E-state index in [1.807, 2.05) is 0 Å². The Balaban J connectivity index is 2.04. The molecular weight excluding hydrogens is 425 g/mol. The molecule has 172 valence electrons. The zero-order chi connectivity index (χ0) is 23.5. The number of aliphatic hydroxyl groups is 1. The zero-order valence-electron chi connectivity index (χ0n) is 17.7. The fourth-order valence-electron chi connectivity index (χ4n) is 3.39. The van der Waals surface area contributed by atoms with Gasteiger partial charge in [0, 0.05) is 12.8 Å². The highest BCUT2D eigenvalue weighted by atomic mass is 19.2. The van der Waals surface area contributed by atoms with Gasteiger partial charge in [-0.1, -0.05) is 19.8 Å². The molecule has 0 amide bonds. The Kier molecular flexibility index (Phi) is 6.61. The minimum Gasteiger partial charge on any atom is -0.459 e. The van der Waals surface area contributed by atoms with E-state index in [4.69, 9.17) is 26.4 Å². The summed E-state index contributed by atoms with van der Waals surface area (Å²) in [5, 5.41) is 11.3. The Morgan fingerprint density at radius 3 is 2.66 bits per heavy atom. The van der Waals surface area contributed by atoms with E-state index in [1.165, 1.54) is 6.33 Å². The van der Waals surface area contributed by atoms with E-state index >= 15 is 4.39 Å². The van der Waals surface area contributed by atoms with E-state index in [1.54, 1.807) is 13.8 Å². The molecule has 11 nitrogen and oxygen atoms in total. The van der Waals surface area contributed by atoms with Gasteiger partial charge in [0.05, 0.1) is 6.33 Å². The maximum atomic E-state index is 16.1. The van der Waals surface area contributed by atoms with Crippen molar-refractivity contribution in [3.8, 4) is 12.3 Å². The van der Waals surface area contributed by atoms with Gasteiger partial charge < -0.3 is 25.1 Å². The standard InChI is InChI=1S/C20H24FN5O6/c1-4-7-12(27)30-9-20(21)17(31-13(28)8-5-2)19(29,6-3)18(32-20)26-11-25-14-15(22)23-10-24-16(14)26/h3,10-11,17-18,29H,4-5,7-9H2,1-2H3,(H2,22,23,24)/t17-,18+,19+,20+/m0/s1. The molecule has 0 bridgehead atoms. The smallest absolute Gasteiger partial charge is 0.306 e. The van der Waals surface area contributed by atoms with Gasteiger partial charge in [0.15, 0.2) is 24.3 Å². The molecular formula is C20H24FN5O6. The van der Waals surface area contributed by atoms with Crippen molar-refractivity contribution in [1.82, 2.24) is 19.5 Å². The number of anilines is 1. The van der Waals surface area contributed by atoms with Crippen LogP contribution in [0, 0.1) is 12.3 Å². The molecule has 4 atom stereocenters. The van der Waals surface area contributed by atoms with Crippen molar-refractivity contribution in [2.45, 2.75) is 63.3 Å². The number of nitrogens with two attached hydrogens (primary N) is 1. The number of nitrogen functional groups attached to an aromatic ring is 1. The maximum absolute atomic E-state index is 16.1. The number of hydrogen-bond acceptors (Lipinski definition) is 10.